The molecule has 1 fully saturated rings. The molecule has 1 heterocycles. The number of hydrogen-bond donors (Lipinski definition) is 0. The largest absolute Gasteiger partial charge is 0.328 e. The molecule has 0 spiro atoms. The van der Waals surface area contributed by atoms with Crippen LogP contribution in [0.1, 0.15) is 32.6 Å². The van der Waals surface area contributed by atoms with Crippen LogP contribution in [0.5, 0.6) is 0 Å². The first-order valence-corrected chi connectivity index (χ1v) is 4.96. The van der Waals surface area contributed by atoms with Gasteiger partial charge in [-0.2, -0.15) is 0 Å². The zero-order chi connectivity index (χ0) is 8.32. The molecule has 1 heteroatoms. The van der Waals surface area contributed by atoms with E-state index in [4.69, 9.17) is 0 Å². The predicted octanol–water partition coefficient (Wildman–Crippen LogP) is 2.27. The molecule has 0 aromatic carbocycles. The number of likely N-dealkylation sites (tertiary alicyclic amines) is 1. The molecule has 1 nitrogen and oxygen atoms in total. The molecule has 11 heavy (non-hydrogen) atoms. The molecule has 0 radical (unpaired) electrons. The fourth-order valence-corrected chi connectivity index (χ4v) is 2.00. The minimum atomic E-state index is 1.02. The molecule has 0 aromatic heterocycles. The second-order valence-corrected chi connectivity index (χ2v) is 4.59. The van der Waals surface area contributed by atoms with Crippen LogP contribution in [0.3, 0.4) is 0 Å². The van der Waals surface area contributed by atoms with E-state index in [0.29, 0.717) is 0 Å². The van der Waals surface area contributed by atoms with E-state index in [-0.39, 0.29) is 0 Å². The Morgan fingerprint density at radius 2 is 1.91 bits per heavy atom. The molecular weight excluding hydrogens is 134 g/mol. The first-order chi connectivity index (χ1) is 5.14. The first-order valence-electron chi connectivity index (χ1n) is 4.96. The monoisotopic (exact) mass is 156 g/mol. The maximum absolute atomic E-state index is 2.36. The van der Waals surface area contributed by atoms with E-state index >= 15 is 0 Å². The Hall–Kier alpha value is -0.0400. The number of hydrogen-bond acceptors (Lipinski definition) is 0. The van der Waals surface area contributed by atoms with E-state index in [9.17, 15) is 0 Å². The summed E-state index contributed by atoms with van der Waals surface area (Å²) < 4.78 is 1.25. The van der Waals surface area contributed by atoms with Crippen molar-refractivity contribution >= 4 is 0 Å². The van der Waals surface area contributed by atoms with Crippen LogP contribution < -0.4 is 0 Å². The van der Waals surface area contributed by atoms with Gasteiger partial charge in [-0.25, -0.2) is 0 Å². The smallest absolute Gasteiger partial charge is 0.0785 e. The highest BCUT2D eigenvalue weighted by atomic mass is 15.3. The van der Waals surface area contributed by atoms with Crippen molar-refractivity contribution in [3.8, 4) is 0 Å². The zero-order valence-corrected chi connectivity index (χ0v) is 8.27. The first kappa shape index (κ1) is 9.05. The summed E-state index contributed by atoms with van der Waals surface area (Å²) in [4.78, 5) is 0. The van der Waals surface area contributed by atoms with Crippen LogP contribution in [0, 0.1) is 5.92 Å². The predicted molar refractivity (Wildman–Crippen MR) is 49.5 cm³/mol. The van der Waals surface area contributed by atoms with Crippen molar-refractivity contribution in [1.82, 2.24) is 0 Å². The highest BCUT2D eigenvalue weighted by Gasteiger charge is 2.21. The molecule has 1 atom stereocenters. The van der Waals surface area contributed by atoms with Gasteiger partial charge in [-0.05, 0) is 25.2 Å². The molecule has 0 aliphatic carbocycles. The molecule has 1 aliphatic rings. The maximum atomic E-state index is 2.36. The van der Waals surface area contributed by atoms with E-state index in [2.05, 4.69) is 21.0 Å². The Labute approximate surface area is 71.0 Å². The molecular formula is C10H22N+. The standard InChI is InChI=1S/C10H22N/c1-4-10-6-5-8-11(2,3)9-7-10/h10H,4-9H2,1-3H3/q+1. The quantitative estimate of drug-likeness (QED) is 0.511. The van der Waals surface area contributed by atoms with Crippen LogP contribution in [-0.4, -0.2) is 31.7 Å². The van der Waals surface area contributed by atoms with Crippen LogP contribution in [0.2, 0.25) is 0 Å². The summed E-state index contributed by atoms with van der Waals surface area (Å²) in [6.45, 7) is 5.10. The van der Waals surface area contributed by atoms with Gasteiger partial charge in [0.15, 0.2) is 0 Å². The van der Waals surface area contributed by atoms with E-state index < -0.39 is 0 Å². The molecule has 1 rings (SSSR count). The second kappa shape index (κ2) is 3.57. The normalized spacial score (nSPS) is 31.4. The average molecular weight is 156 g/mol. The van der Waals surface area contributed by atoms with Crippen LogP contribution in [0.15, 0.2) is 0 Å². The third-order valence-corrected chi connectivity index (χ3v) is 3.10. The van der Waals surface area contributed by atoms with E-state index in [0.717, 1.165) is 5.92 Å². The van der Waals surface area contributed by atoms with Crippen molar-refractivity contribution < 1.29 is 4.48 Å². The third-order valence-electron chi connectivity index (χ3n) is 3.10. The summed E-state index contributed by atoms with van der Waals surface area (Å²) in [5.74, 6) is 1.02. The maximum Gasteiger partial charge on any atom is 0.0785 e. The molecule has 1 saturated heterocycles. The van der Waals surface area contributed by atoms with Gasteiger partial charge >= 0.3 is 0 Å². The highest BCUT2D eigenvalue weighted by molar-refractivity contribution is 4.60. The van der Waals surface area contributed by atoms with Crippen molar-refractivity contribution in [2.75, 3.05) is 27.2 Å². The Kier molecular flexibility index (Phi) is 2.94. The lowest BCUT2D eigenvalue weighted by molar-refractivity contribution is -0.889. The summed E-state index contributed by atoms with van der Waals surface area (Å²) in [5, 5.41) is 0. The minimum absolute atomic E-state index is 1.02. The van der Waals surface area contributed by atoms with Crippen molar-refractivity contribution in [2.24, 2.45) is 5.92 Å². The Bertz CT molecular complexity index is 118. The third kappa shape index (κ3) is 2.82. The van der Waals surface area contributed by atoms with Gasteiger partial charge in [0.2, 0.25) is 0 Å². The van der Waals surface area contributed by atoms with Gasteiger partial charge in [0.1, 0.15) is 0 Å². The fourth-order valence-electron chi connectivity index (χ4n) is 2.00. The minimum Gasteiger partial charge on any atom is -0.328 e. The molecule has 0 amide bonds. The van der Waals surface area contributed by atoms with Gasteiger partial charge in [0.05, 0.1) is 27.2 Å². The summed E-state index contributed by atoms with van der Waals surface area (Å²) in [7, 11) is 4.72. The molecule has 0 bridgehead atoms. The molecule has 66 valence electrons. The molecule has 0 aromatic rings. The Balaban J connectivity index is 2.39. The Morgan fingerprint density at radius 1 is 1.18 bits per heavy atom. The summed E-state index contributed by atoms with van der Waals surface area (Å²) in [6, 6.07) is 0. The van der Waals surface area contributed by atoms with Gasteiger partial charge in [-0.1, -0.05) is 13.3 Å². The SMILES string of the molecule is CCC1CCC[N+](C)(C)CC1. The molecule has 0 saturated carbocycles. The van der Waals surface area contributed by atoms with Gasteiger partial charge in [-0.3, -0.25) is 0 Å². The fraction of sp³-hybridized carbons (Fsp3) is 1.00. The van der Waals surface area contributed by atoms with E-state index in [1.54, 1.807) is 0 Å². The number of rotatable bonds is 1. The van der Waals surface area contributed by atoms with Crippen molar-refractivity contribution in [3.63, 3.8) is 0 Å². The highest BCUT2D eigenvalue weighted by Crippen LogP contribution is 2.21. The van der Waals surface area contributed by atoms with Crippen LogP contribution in [0.4, 0.5) is 0 Å². The molecule has 1 aliphatic heterocycles. The second-order valence-electron chi connectivity index (χ2n) is 4.59. The lowest BCUT2D eigenvalue weighted by Gasteiger charge is -2.27. The summed E-state index contributed by atoms with van der Waals surface area (Å²) in [5.41, 5.74) is 0. The van der Waals surface area contributed by atoms with Crippen molar-refractivity contribution in [1.29, 1.82) is 0 Å². The van der Waals surface area contributed by atoms with Gasteiger partial charge in [0, 0.05) is 0 Å². The van der Waals surface area contributed by atoms with Crippen LogP contribution >= 0.6 is 0 Å². The zero-order valence-electron chi connectivity index (χ0n) is 8.27. The topological polar surface area (TPSA) is 0 Å². The van der Waals surface area contributed by atoms with E-state index in [1.165, 1.54) is 43.3 Å². The lowest BCUT2D eigenvalue weighted by atomic mass is 9.98. The van der Waals surface area contributed by atoms with Gasteiger partial charge < -0.3 is 4.48 Å². The summed E-state index contributed by atoms with van der Waals surface area (Å²) in [6.07, 6.45) is 5.74. The summed E-state index contributed by atoms with van der Waals surface area (Å²) >= 11 is 0. The van der Waals surface area contributed by atoms with Crippen LogP contribution in [0.25, 0.3) is 0 Å². The van der Waals surface area contributed by atoms with Gasteiger partial charge in [-0.15, -0.1) is 0 Å². The average Bonchev–Trinajstić information content (AvgIpc) is 2.10. The van der Waals surface area contributed by atoms with Crippen molar-refractivity contribution in [2.45, 2.75) is 32.6 Å². The number of nitrogens with zero attached hydrogens (tertiary/aromatic N) is 1. The Morgan fingerprint density at radius 3 is 2.55 bits per heavy atom. The van der Waals surface area contributed by atoms with E-state index in [1.807, 2.05) is 0 Å². The van der Waals surface area contributed by atoms with Crippen molar-refractivity contribution in [3.05, 3.63) is 0 Å². The molecule has 0 N–H and O–H groups in total. The lowest BCUT2D eigenvalue weighted by Crippen LogP contribution is -2.40. The molecule has 1 unspecified atom stereocenters. The number of quaternary nitrogens is 1. The van der Waals surface area contributed by atoms with Gasteiger partial charge in [0.25, 0.3) is 0 Å². The van der Waals surface area contributed by atoms with Crippen LogP contribution in [-0.2, 0) is 0 Å².